The van der Waals surface area contributed by atoms with E-state index in [1.54, 1.807) is 12.3 Å². The highest BCUT2D eigenvalue weighted by molar-refractivity contribution is 5.79. The smallest absolute Gasteiger partial charge is 0.222 e. The Hall–Kier alpha value is -2.05. The van der Waals surface area contributed by atoms with Crippen LogP contribution in [0.15, 0.2) is 21.8 Å². The molecule has 0 aliphatic carbocycles. The Morgan fingerprint density at radius 2 is 2.30 bits per heavy atom. The Morgan fingerprint density at radius 1 is 1.39 bits per heavy atom. The largest absolute Gasteiger partial charge is 0.364 e. The highest BCUT2D eigenvalue weighted by Gasteiger charge is 2.15. The highest BCUT2D eigenvalue weighted by atomic mass is 16.5. The second-order valence-electron chi connectivity index (χ2n) is 5.66. The quantitative estimate of drug-likeness (QED) is 0.452. The number of rotatable bonds is 7. The van der Waals surface area contributed by atoms with Crippen LogP contribution in [0.1, 0.15) is 44.7 Å². The number of amides is 1. The summed E-state index contributed by atoms with van der Waals surface area (Å²) in [6, 6.07) is 1.80. The van der Waals surface area contributed by atoms with Gasteiger partial charge in [0.05, 0.1) is 6.54 Å². The van der Waals surface area contributed by atoms with Gasteiger partial charge in [-0.2, -0.15) is 0 Å². The van der Waals surface area contributed by atoms with Gasteiger partial charge in [-0.1, -0.05) is 11.6 Å². The maximum atomic E-state index is 11.9. The first kappa shape index (κ1) is 17.3. The molecule has 1 aromatic heterocycles. The molecule has 1 fully saturated rings. The summed E-state index contributed by atoms with van der Waals surface area (Å²) < 4.78 is 4.80. The number of carbonyl (C=O) groups excluding carboxylic acids is 1. The van der Waals surface area contributed by atoms with E-state index >= 15 is 0 Å². The molecular formula is C16H27N5O2. The van der Waals surface area contributed by atoms with E-state index in [9.17, 15) is 4.79 Å². The number of likely N-dealkylation sites (tertiary alicyclic amines) is 1. The predicted molar refractivity (Wildman–Crippen MR) is 89.0 cm³/mol. The molecule has 2 N–H and O–H groups in total. The van der Waals surface area contributed by atoms with E-state index in [1.807, 2.05) is 11.8 Å². The zero-order chi connectivity index (χ0) is 16.3. The van der Waals surface area contributed by atoms with Crippen LogP contribution in [0.2, 0.25) is 0 Å². The second-order valence-corrected chi connectivity index (χ2v) is 5.66. The fourth-order valence-electron chi connectivity index (χ4n) is 2.57. The van der Waals surface area contributed by atoms with E-state index < -0.39 is 0 Å². The molecule has 7 nitrogen and oxygen atoms in total. The first-order valence-corrected chi connectivity index (χ1v) is 8.49. The van der Waals surface area contributed by atoms with Crippen molar-refractivity contribution < 1.29 is 9.32 Å². The summed E-state index contributed by atoms with van der Waals surface area (Å²) >= 11 is 0. The van der Waals surface area contributed by atoms with Crippen molar-refractivity contribution in [3.05, 3.63) is 18.0 Å². The average Bonchev–Trinajstić information content (AvgIpc) is 2.99. The van der Waals surface area contributed by atoms with Crippen molar-refractivity contribution in [2.24, 2.45) is 4.99 Å². The van der Waals surface area contributed by atoms with Gasteiger partial charge >= 0.3 is 0 Å². The monoisotopic (exact) mass is 321 g/mol. The van der Waals surface area contributed by atoms with Crippen LogP contribution in [0.5, 0.6) is 0 Å². The number of aromatic nitrogens is 1. The molecule has 23 heavy (non-hydrogen) atoms. The Bertz CT molecular complexity index is 487. The Balaban J connectivity index is 1.71. The molecule has 2 rings (SSSR count). The molecule has 128 valence electrons. The van der Waals surface area contributed by atoms with Crippen molar-refractivity contribution in [3.8, 4) is 0 Å². The number of nitrogens with one attached hydrogen (secondary N) is 2. The summed E-state index contributed by atoms with van der Waals surface area (Å²) in [6.45, 7) is 5.82. The van der Waals surface area contributed by atoms with Crippen molar-refractivity contribution in [3.63, 3.8) is 0 Å². The molecule has 1 amide bonds. The maximum Gasteiger partial charge on any atom is 0.222 e. The van der Waals surface area contributed by atoms with E-state index in [-0.39, 0.29) is 0 Å². The van der Waals surface area contributed by atoms with Crippen molar-refractivity contribution in [2.45, 2.75) is 45.6 Å². The summed E-state index contributed by atoms with van der Waals surface area (Å²) in [7, 11) is 0. The lowest BCUT2D eigenvalue weighted by Crippen LogP contribution is -2.39. The normalized spacial score (nSPS) is 16.3. The lowest BCUT2D eigenvalue weighted by Gasteiger charge is -2.20. The Kier molecular flexibility index (Phi) is 7.42. The van der Waals surface area contributed by atoms with Gasteiger partial charge in [0.1, 0.15) is 12.0 Å². The molecule has 0 atom stereocenters. The molecule has 0 bridgehead atoms. The number of hydrogen-bond donors (Lipinski definition) is 2. The van der Waals surface area contributed by atoms with Gasteiger partial charge in [0.2, 0.25) is 5.91 Å². The zero-order valence-corrected chi connectivity index (χ0v) is 13.9. The van der Waals surface area contributed by atoms with Gasteiger partial charge in [0, 0.05) is 38.7 Å². The molecule has 1 aliphatic heterocycles. The lowest BCUT2D eigenvalue weighted by atomic mass is 10.2. The Labute approximate surface area is 137 Å². The fourth-order valence-corrected chi connectivity index (χ4v) is 2.57. The van der Waals surface area contributed by atoms with Crippen LogP contribution in [0.4, 0.5) is 0 Å². The number of hydrogen-bond acceptors (Lipinski definition) is 4. The maximum absolute atomic E-state index is 11.9. The molecule has 0 aromatic carbocycles. The van der Waals surface area contributed by atoms with E-state index in [1.165, 1.54) is 6.42 Å². The zero-order valence-electron chi connectivity index (χ0n) is 13.9. The summed E-state index contributed by atoms with van der Waals surface area (Å²) in [5.74, 6) is 1.06. The topological polar surface area (TPSA) is 82.8 Å². The molecule has 1 aliphatic rings. The van der Waals surface area contributed by atoms with Crippen LogP contribution in [0.3, 0.4) is 0 Å². The van der Waals surface area contributed by atoms with Crippen LogP contribution in [0, 0.1) is 0 Å². The van der Waals surface area contributed by atoms with E-state index in [0.29, 0.717) is 18.9 Å². The van der Waals surface area contributed by atoms with Crippen LogP contribution in [-0.2, 0) is 11.3 Å². The minimum atomic E-state index is 0.300. The number of guanidine groups is 1. The van der Waals surface area contributed by atoms with Gasteiger partial charge < -0.3 is 20.1 Å². The average molecular weight is 321 g/mol. The molecular weight excluding hydrogens is 294 g/mol. The van der Waals surface area contributed by atoms with Crippen LogP contribution in [0.25, 0.3) is 0 Å². The highest BCUT2D eigenvalue weighted by Crippen LogP contribution is 2.11. The third-order valence-corrected chi connectivity index (χ3v) is 3.80. The summed E-state index contributed by atoms with van der Waals surface area (Å²) in [6.07, 6.45) is 6.49. The van der Waals surface area contributed by atoms with Gasteiger partial charge in [-0.3, -0.25) is 4.79 Å². The van der Waals surface area contributed by atoms with Crippen molar-refractivity contribution in [2.75, 3.05) is 26.2 Å². The van der Waals surface area contributed by atoms with E-state index in [0.717, 1.165) is 57.1 Å². The SMILES string of the molecule is CCNC(=NCc1ccon1)NCCCN1CCCCCC1=O. The predicted octanol–water partition coefficient (Wildman–Crippen LogP) is 1.52. The molecule has 1 aromatic rings. The van der Waals surface area contributed by atoms with Crippen LogP contribution in [-0.4, -0.2) is 48.1 Å². The standard InChI is InChI=1S/C16H27N5O2/c1-2-17-16(19-13-14-8-12-23-20-14)18-9-6-11-21-10-5-3-4-7-15(21)22/h8,12H,2-7,9-11,13H2,1H3,(H2,17,18,19). The van der Waals surface area contributed by atoms with Gasteiger partial charge in [0.15, 0.2) is 5.96 Å². The van der Waals surface area contributed by atoms with E-state index in [2.05, 4.69) is 20.8 Å². The molecule has 7 heteroatoms. The number of aliphatic imine (C=N–C) groups is 1. The first-order chi connectivity index (χ1) is 11.3. The van der Waals surface area contributed by atoms with Crippen LogP contribution < -0.4 is 10.6 Å². The molecule has 0 saturated carbocycles. The third-order valence-electron chi connectivity index (χ3n) is 3.80. The molecule has 2 heterocycles. The summed E-state index contributed by atoms with van der Waals surface area (Å²) in [4.78, 5) is 18.4. The van der Waals surface area contributed by atoms with Gasteiger partial charge in [-0.05, 0) is 26.2 Å². The molecule has 0 spiro atoms. The minimum Gasteiger partial charge on any atom is -0.364 e. The first-order valence-electron chi connectivity index (χ1n) is 8.49. The summed E-state index contributed by atoms with van der Waals surface area (Å²) in [5, 5.41) is 10.3. The molecule has 1 saturated heterocycles. The minimum absolute atomic E-state index is 0.300. The van der Waals surface area contributed by atoms with Crippen molar-refractivity contribution in [1.29, 1.82) is 0 Å². The van der Waals surface area contributed by atoms with E-state index in [4.69, 9.17) is 4.52 Å². The fraction of sp³-hybridized carbons (Fsp3) is 0.688. The number of carbonyl (C=O) groups is 1. The van der Waals surface area contributed by atoms with Crippen molar-refractivity contribution in [1.82, 2.24) is 20.7 Å². The van der Waals surface area contributed by atoms with Crippen LogP contribution >= 0.6 is 0 Å². The van der Waals surface area contributed by atoms with Gasteiger partial charge in [-0.15, -0.1) is 0 Å². The molecule has 0 radical (unpaired) electrons. The lowest BCUT2D eigenvalue weighted by molar-refractivity contribution is -0.130. The third kappa shape index (κ3) is 6.30. The second kappa shape index (κ2) is 9.86. The Morgan fingerprint density at radius 3 is 3.09 bits per heavy atom. The summed E-state index contributed by atoms with van der Waals surface area (Å²) in [5.41, 5.74) is 0.803. The molecule has 0 unspecified atom stereocenters. The van der Waals surface area contributed by atoms with Gasteiger partial charge in [0.25, 0.3) is 0 Å². The van der Waals surface area contributed by atoms with Gasteiger partial charge in [-0.25, -0.2) is 4.99 Å². The van der Waals surface area contributed by atoms with Crippen molar-refractivity contribution >= 4 is 11.9 Å². The number of nitrogens with zero attached hydrogens (tertiary/aromatic N) is 3.